The molecule has 0 fully saturated rings. The number of aromatic nitrogens is 2. The molecule has 6 heteroatoms. The minimum absolute atomic E-state index is 0.0517. The Labute approximate surface area is 114 Å². The van der Waals surface area contributed by atoms with Crippen molar-refractivity contribution in [1.82, 2.24) is 9.97 Å². The molecule has 0 unspecified atom stereocenters. The van der Waals surface area contributed by atoms with Crippen LogP contribution in [-0.2, 0) is 0 Å². The lowest BCUT2D eigenvalue weighted by Crippen LogP contribution is -2.13. The van der Waals surface area contributed by atoms with Crippen molar-refractivity contribution in [3.8, 4) is 0 Å². The van der Waals surface area contributed by atoms with Gasteiger partial charge in [-0.05, 0) is 26.0 Å². The summed E-state index contributed by atoms with van der Waals surface area (Å²) >= 11 is 1.17. The number of Topliss-reactive ketones (excluding diaryl/α,β-unsaturated/α-hetero) is 1. The van der Waals surface area contributed by atoms with Gasteiger partial charge in [-0.3, -0.25) is 14.9 Å². The second-order valence-corrected chi connectivity index (χ2v) is 5.11. The average Bonchev–Trinajstić information content (AvgIpc) is 2.70. The van der Waals surface area contributed by atoms with E-state index in [2.05, 4.69) is 15.3 Å². The molecule has 1 amide bonds. The standard InChI is InChI=1S/C13H13N3O2S/c1-7-5-4-6-10(14-7)12(18)16-13-15-8(2)11(19-13)9(3)17/h4-6H,1-3H3,(H,15,16,18). The summed E-state index contributed by atoms with van der Waals surface area (Å²) in [5.41, 5.74) is 1.73. The third-order valence-electron chi connectivity index (χ3n) is 2.46. The Morgan fingerprint density at radius 2 is 1.95 bits per heavy atom. The van der Waals surface area contributed by atoms with Crippen LogP contribution in [0.15, 0.2) is 18.2 Å². The van der Waals surface area contributed by atoms with Gasteiger partial charge in [-0.15, -0.1) is 0 Å². The van der Waals surface area contributed by atoms with Crippen molar-refractivity contribution in [2.45, 2.75) is 20.8 Å². The first kappa shape index (κ1) is 13.4. The van der Waals surface area contributed by atoms with Crippen molar-refractivity contribution in [1.29, 1.82) is 0 Å². The summed E-state index contributed by atoms with van der Waals surface area (Å²) < 4.78 is 0. The molecule has 0 aromatic carbocycles. The van der Waals surface area contributed by atoms with Crippen LogP contribution >= 0.6 is 11.3 Å². The number of thiazole rings is 1. The van der Waals surface area contributed by atoms with Crippen LogP contribution in [0.1, 0.15) is 38.5 Å². The van der Waals surface area contributed by atoms with Crippen molar-refractivity contribution in [3.05, 3.63) is 40.2 Å². The average molecular weight is 275 g/mol. The molecule has 2 aromatic rings. The summed E-state index contributed by atoms with van der Waals surface area (Å²) in [6, 6.07) is 5.22. The van der Waals surface area contributed by atoms with Gasteiger partial charge in [-0.2, -0.15) is 0 Å². The lowest BCUT2D eigenvalue weighted by Gasteiger charge is -2.01. The van der Waals surface area contributed by atoms with Crippen LogP contribution in [0.5, 0.6) is 0 Å². The normalized spacial score (nSPS) is 10.3. The molecular weight excluding hydrogens is 262 g/mol. The Hall–Kier alpha value is -2.08. The number of rotatable bonds is 3. The number of hydrogen-bond donors (Lipinski definition) is 1. The lowest BCUT2D eigenvalue weighted by atomic mass is 10.3. The minimum atomic E-state index is -0.326. The van der Waals surface area contributed by atoms with Crippen molar-refractivity contribution >= 4 is 28.2 Å². The predicted molar refractivity (Wildman–Crippen MR) is 73.8 cm³/mol. The van der Waals surface area contributed by atoms with Crippen LogP contribution in [0.3, 0.4) is 0 Å². The predicted octanol–water partition coefficient (Wildman–Crippen LogP) is 2.61. The summed E-state index contributed by atoms with van der Waals surface area (Å²) in [4.78, 5) is 32.1. The number of nitrogens with zero attached hydrogens (tertiary/aromatic N) is 2. The zero-order valence-corrected chi connectivity index (χ0v) is 11.7. The molecule has 0 atom stereocenters. The van der Waals surface area contributed by atoms with Gasteiger partial charge in [-0.25, -0.2) is 9.97 Å². The Morgan fingerprint density at radius 1 is 1.21 bits per heavy atom. The van der Waals surface area contributed by atoms with Crippen LogP contribution in [0.25, 0.3) is 0 Å². The highest BCUT2D eigenvalue weighted by atomic mass is 32.1. The molecule has 2 aromatic heterocycles. The first-order chi connectivity index (χ1) is 8.97. The van der Waals surface area contributed by atoms with Crippen LogP contribution in [0, 0.1) is 13.8 Å². The molecule has 98 valence electrons. The number of anilines is 1. The number of aryl methyl sites for hydroxylation is 2. The van der Waals surface area contributed by atoms with E-state index in [0.717, 1.165) is 5.69 Å². The van der Waals surface area contributed by atoms with Gasteiger partial charge in [0.25, 0.3) is 5.91 Å². The molecule has 0 aliphatic carbocycles. The van der Waals surface area contributed by atoms with Crippen LogP contribution in [0.4, 0.5) is 5.13 Å². The summed E-state index contributed by atoms with van der Waals surface area (Å²) in [5.74, 6) is -0.378. The van der Waals surface area contributed by atoms with E-state index in [4.69, 9.17) is 0 Å². The maximum Gasteiger partial charge on any atom is 0.276 e. The highest BCUT2D eigenvalue weighted by Gasteiger charge is 2.14. The van der Waals surface area contributed by atoms with E-state index < -0.39 is 0 Å². The molecule has 0 saturated heterocycles. The smallest absolute Gasteiger partial charge is 0.276 e. The van der Waals surface area contributed by atoms with Gasteiger partial charge in [-0.1, -0.05) is 17.4 Å². The van der Waals surface area contributed by atoms with E-state index in [0.29, 0.717) is 21.4 Å². The first-order valence-electron chi connectivity index (χ1n) is 5.70. The topological polar surface area (TPSA) is 72.0 Å². The van der Waals surface area contributed by atoms with E-state index in [-0.39, 0.29) is 11.7 Å². The Kier molecular flexibility index (Phi) is 3.71. The zero-order chi connectivity index (χ0) is 14.0. The SMILES string of the molecule is CC(=O)c1sc(NC(=O)c2cccc(C)n2)nc1C. The highest BCUT2D eigenvalue weighted by molar-refractivity contribution is 7.17. The molecule has 0 bridgehead atoms. The molecule has 5 nitrogen and oxygen atoms in total. The van der Waals surface area contributed by atoms with Gasteiger partial charge in [0.15, 0.2) is 10.9 Å². The van der Waals surface area contributed by atoms with Gasteiger partial charge in [0.2, 0.25) is 0 Å². The lowest BCUT2D eigenvalue weighted by molar-refractivity contribution is 0.101. The van der Waals surface area contributed by atoms with Crippen molar-refractivity contribution in [2.24, 2.45) is 0 Å². The third kappa shape index (κ3) is 3.03. The Bertz CT molecular complexity index is 649. The maximum absolute atomic E-state index is 12.0. The largest absolute Gasteiger partial charge is 0.296 e. The summed E-state index contributed by atoms with van der Waals surface area (Å²) in [7, 11) is 0. The second-order valence-electron chi connectivity index (χ2n) is 4.11. The molecule has 0 aliphatic heterocycles. The molecule has 0 aliphatic rings. The van der Waals surface area contributed by atoms with Crippen LogP contribution in [-0.4, -0.2) is 21.7 Å². The van der Waals surface area contributed by atoms with E-state index >= 15 is 0 Å². The molecule has 2 rings (SSSR count). The quantitative estimate of drug-likeness (QED) is 0.874. The fraction of sp³-hybridized carbons (Fsp3) is 0.231. The van der Waals surface area contributed by atoms with Crippen LogP contribution < -0.4 is 5.32 Å². The third-order valence-corrected chi connectivity index (χ3v) is 3.63. The second kappa shape index (κ2) is 5.27. The first-order valence-corrected chi connectivity index (χ1v) is 6.52. The van der Waals surface area contributed by atoms with Gasteiger partial charge in [0, 0.05) is 12.6 Å². The molecule has 19 heavy (non-hydrogen) atoms. The van der Waals surface area contributed by atoms with Gasteiger partial charge < -0.3 is 0 Å². The fourth-order valence-electron chi connectivity index (χ4n) is 1.61. The van der Waals surface area contributed by atoms with Gasteiger partial charge >= 0.3 is 0 Å². The Balaban J connectivity index is 2.20. The van der Waals surface area contributed by atoms with Gasteiger partial charge in [0.1, 0.15) is 5.69 Å². The van der Waals surface area contributed by atoms with Crippen molar-refractivity contribution < 1.29 is 9.59 Å². The van der Waals surface area contributed by atoms with E-state index in [1.165, 1.54) is 18.3 Å². The zero-order valence-electron chi connectivity index (χ0n) is 10.9. The number of carbonyl (C=O) groups is 2. The van der Waals surface area contributed by atoms with Crippen LogP contribution in [0.2, 0.25) is 0 Å². The van der Waals surface area contributed by atoms with Crippen molar-refractivity contribution in [3.63, 3.8) is 0 Å². The Morgan fingerprint density at radius 3 is 2.53 bits per heavy atom. The van der Waals surface area contributed by atoms with Gasteiger partial charge in [0.05, 0.1) is 10.6 Å². The van der Waals surface area contributed by atoms with E-state index in [1.54, 1.807) is 19.1 Å². The maximum atomic E-state index is 12.0. The number of nitrogens with one attached hydrogen (secondary N) is 1. The number of amides is 1. The van der Waals surface area contributed by atoms with E-state index in [9.17, 15) is 9.59 Å². The molecule has 0 spiro atoms. The number of hydrogen-bond acceptors (Lipinski definition) is 5. The monoisotopic (exact) mass is 275 g/mol. The summed E-state index contributed by atoms with van der Waals surface area (Å²) in [5, 5.41) is 3.07. The minimum Gasteiger partial charge on any atom is -0.296 e. The fourth-order valence-corrected chi connectivity index (χ4v) is 2.46. The number of pyridine rings is 1. The molecule has 2 heterocycles. The molecule has 0 saturated carbocycles. The molecule has 1 N–H and O–H groups in total. The summed E-state index contributed by atoms with van der Waals surface area (Å²) in [6.45, 7) is 5.04. The highest BCUT2D eigenvalue weighted by Crippen LogP contribution is 2.23. The van der Waals surface area contributed by atoms with E-state index in [1.807, 2.05) is 13.0 Å². The van der Waals surface area contributed by atoms with Crippen molar-refractivity contribution in [2.75, 3.05) is 5.32 Å². The summed E-state index contributed by atoms with van der Waals surface area (Å²) in [6.07, 6.45) is 0. The number of ketones is 1. The molecular formula is C13H13N3O2S. The number of carbonyl (C=O) groups excluding carboxylic acids is 2. The molecule has 0 radical (unpaired) electrons.